The molecule has 0 aliphatic carbocycles. The van der Waals surface area contributed by atoms with Crippen molar-refractivity contribution in [1.82, 2.24) is 9.78 Å². The number of rotatable bonds is 2. The average Bonchev–Trinajstić information content (AvgIpc) is 2.59. The number of benzene rings is 1. The zero-order valence-electron chi connectivity index (χ0n) is 8.38. The second kappa shape index (κ2) is 3.65. The van der Waals surface area contributed by atoms with Gasteiger partial charge in [-0.3, -0.25) is 4.68 Å². The van der Waals surface area contributed by atoms with Crippen LogP contribution in [0.25, 0.3) is 11.3 Å². The molecule has 0 spiro atoms. The zero-order valence-corrected chi connectivity index (χ0v) is 8.38. The Bertz CT molecular complexity index is 477. The molecule has 1 aromatic heterocycles. The summed E-state index contributed by atoms with van der Waals surface area (Å²) in [5.74, 6) is 0.304. The highest BCUT2D eigenvalue weighted by Crippen LogP contribution is 2.30. The van der Waals surface area contributed by atoms with E-state index < -0.39 is 0 Å². The topological polar surface area (TPSA) is 58.3 Å². The Labute approximate surface area is 87.4 Å². The van der Waals surface area contributed by atoms with E-state index in [9.17, 15) is 10.2 Å². The highest BCUT2D eigenvalue weighted by atomic mass is 16.3. The molecule has 0 radical (unpaired) electrons. The molecule has 4 heteroatoms. The first kappa shape index (κ1) is 9.58. The van der Waals surface area contributed by atoms with Gasteiger partial charge >= 0.3 is 0 Å². The maximum Gasteiger partial charge on any atom is 0.161 e. The molecule has 0 amide bonds. The Kier molecular flexibility index (Phi) is 2.33. The van der Waals surface area contributed by atoms with Crippen molar-refractivity contribution in [1.29, 1.82) is 0 Å². The Hall–Kier alpha value is -1.97. The maximum absolute atomic E-state index is 9.64. The van der Waals surface area contributed by atoms with Crippen molar-refractivity contribution in [3.8, 4) is 22.8 Å². The predicted octanol–water partition coefficient (Wildman–Crippen LogP) is 1.98. The number of aryl methyl sites for hydroxylation is 1. The highest BCUT2D eigenvalue weighted by molar-refractivity contribution is 5.67. The lowest BCUT2D eigenvalue weighted by molar-refractivity contribution is 0.473. The Balaban J connectivity index is 2.57. The third-order valence-corrected chi connectivity index (χ3v) is 2.24. The van der Waals surface area contributed by atoms with Crippen LogP contribution in [0.2, 0.25) is 0 Å². The van der Waals surface area contributed by atoms with Gasteiger partial charge in [0, 0.05) is 12.1 Å². The molecule has 0 unspecified atom stereocenters. The SMILES string of the molecule is CCn1ncc(O)c1-c1cccc(O)c1. The number of hydrogen-bond donors (Lipinski definition) is 2. The van der Waals surface area contributed by atoms with Gasteiger partial charge in [0.25, 0.3) is 0 Å². The maximum atomic E-state index is 9.64. The number of phenolic OH excluding ortho intramolecular Hbond substituents is 1. The van der Waals surface area contributed by atoms with Gasteiger partial charge in [0.2, 0.25) is 0 Å². The summed E-state index contributed by atoms with van der Waals surface area (Å²) in [4.78, 5) is 0. The van der Waals surface area contributed by atoms with Gasteiger partial charge in [-0.15, -0.1) is 0 Å². The van der Waals surface area contributed by atoms with Gasteiger partial charge < -0.3 is 10.2 Å². The summed E-state index contributed by atoms with van der Waals surface area (Å²) < 4.78 is 1.68. The molecule has 0 atom stereocenters. The molecule has 2 N–H and O–H groups in total. The second-order valence-electron chi connectivity index (χ2n) is 3.24. The van der Waals surface area contributed by atoms with Gasteiger partial charge in [0.1, 0.15) is 11.4 Å². The molecule has 0 fully saturated rings. The molecule has 1 aromatic carbocycles. The predicted molar refractivity (Wildman–Crippen MR) is 56.7 cm³/mol. The van der Waals surface area contributed by atoms with E-state index in [2.05, 4.69) is 5.10 Å². The fraction of sp³-hybridized carbons (Fsp3) is 0.182. The molecule has 78 valence electrons. The van der Waals surface area contributed by atoms with E-state index in [1.807, 2.05) is 13.0 Å². The van der Waals surface area contributed by atoms with Crippen molar-refractivity contribution < 1.29 is 10.2 Å². The van der Waals surface area contributed by atoms with Crippen LogP contribution in [-0.4, -0.2) is 20.0 Å². The van der Waals surface area contributed by atoms with E-state index in [1.54, 1.807) is 22.9 Å². The molecule has 0 saturated heterocycles. The van der Waals surface area contributed by atoms with E-state index in [-0.39, 0.29) is 11.5 Å². The lowest BCUT2D eigenvalue weighted by Crippen LogP contribution is -1.98. The number of nitrogens with zero attached hydrogens (tertiary/aromatic N) is 2. The molecule has 0 aliphatic heterocycles. The van der Waals surface area contributed by atoms with Crippen molar-refractivity contribution in [2.24, 2.45) is 0 Å². The van der Waals surface area contributed by atoms with Gasteiger partial charge in [-0.25, -0.2) is 0 Å². The lowest BCUT2D eigenvalue weighted by atomic mass is 10.1. The number of phenols is 1. The molecule has 15 heavy (non-hydrogen) atoms. The Morgan fingerprint density at radius 2 is 2.13 bits per heavy atom. The quantitative estimate of drug-likeness (QED) is 0.786. The number of aromatic nitrogens is 2. The van der Waals surface area contributed by atoms with Crippen LogP contribution in [0.4, 0.5) is 0 Å². The summed E-state index contributed by atoms with van der Waals surface area (Å²) >= 11 is 0. The highest BCUT2D eigenvalue weighted by Gasteiger charge is 2.11. The normalized spacial score (nSPS) is 10.5. The first-order chi connectivity index (χ1) is 7.22. The Morgan fingerprint density at radius 3 is 2.80 bits per heavy atom. The van der Waals surface area contributed by atoms with Crippen LogP contribution in [-0.2, 0) is 6.54 Å². The summed E-state index contributed by atoms with van der Waals surface area (Å²) in [7, 11) is 0. The van der Waals surface area contributed by atoms with Crippen LogP contribution in [0.15, 0.2) is 30.5 Å². The van der Waals surface area contributed by atoms with Crippen LogP contribution in [0.3, 0.4) is 0 Å². The van der Waals surface area contributed by atoms with Gasteiger partial charge in [-0.1, -0.05) is 12.1 Å². The minimum absolute atomic E-state index is 0.127. The molecule has 2 rings (SSSR count). The summed E-state index contributed by atoms with van der Waals surface area (Å²) in [6.45, 7) is 2.62. The Morgan fingerprint density at radius 1 is 1.33 bits per heavy atom. The van der Waals surface area contributed by atoms with Crippen LogP contribution >= 0.6 is 0 Å². The summed E-state index contributed by atoms with van der Waals surface area (Å²) in [5, 5.41) is 23.0. The van der Waals surface area contributed by atoms with Gasteiger partial charge in [-0.2, -0.15) is 5.10 Å². The molecule has 0 aliphatic rings. The van der Waals surface area contributed by atoms with E-state index >= 15 is 0 Å². The summed E-state index contributed by atoms with van der Waals surface area (Å²) in [5.41, 5.74) is 1.39. The zero-order chi connectivity index (χ0) is 10.8. The summed E-state index contributed by atoms with van der Waals surface area (Å²) in [6.07, 6.45) is 1.41. The van der Waals surface area contributed by atoms with Crippen molar-refractivity contribution in [2.75, 3.05) is 0 Å². The average molecular weight is 204 g/mol. The number of hydrogen-bond acceptors (Lipinski definition) is 3. The molecule has 0 bridgehead atoms. The van der Waals surface area contributed by atoms with Crippen LogP contribution in [0.1, 0.15) is 6.92 Å². The third-order valence-electron chi connectivity index (χ3n) is 2.24. The minimum Gasteiger partial charge on any atom is -0.508 e. The first-order valence-electron chi connectivity index (χ1n) is 4.76. The van der Waals surface area contributed by atoms with Crippen molar-refractivity contribution in [3.05, 3.63) is 30.5 Å². The molecule has 2 aromatic rings. The van der Waals surface area contributed by atoms with E-state index in [0.717, 1.165) is 5.56 Å². The van der Waals surface area contributed by atoms with E-state index in [1.165, 1.54) is 6.20 Å². The van der Waals surface area contributed by atoms with Crippen LogP contribution < -0.4 is 0 Å². The van der Waals surface area contributed by atoms with E-state index in [4.69, 9.17) is 0 Å². The fourth-order valence-corrected chi connectivity index (χ4v) is 1.57. The first-order valence-corrected chi connectivity index (χ1v) is 4.76. The molecular formula is C11H12N2O2. The van der Waals surface area contributed by atoms with Crippen LogP contribution in [0.5, 0.6) is 11.5 Å². The lowest BCUT2D eigenvalue weighted by Gasteiger charge is -2.05. The van der Waals surface area contributed by atoms with Crippen molar-refractivity contribution in [3.63, 3.8) is 0 Å². The van der Waals surface area contributed by atoms with Crippen LogP contribution in [0, 0.1) is 0 Å². The molecule has 0 saturated carbocycles. The number of aromatic hydroxyl groups is 2. The molecular weight excluding hydrogens is 192 g/mol. The summed E-state index contributed by atoms with van der Waals surface area (Å²) in [6, 6.07) is 6.75. The molecule has 4 nitrogen and oxygen atoms in total. The van der Waals surface area contributed by atoms with Crippen molar-refractivity contribution in [2.45, 2.75) is 13.5 Å². The molecule has 1 heterocycles. The smallest absolute Gasteiger partial charge is 0.161 e. The standard InChI is InChI=1S/C11H12N2O2/c1-2-13-11(10(15)7-12-13)8-4-3-5-9(14)6-8/h3-7,14-15H,2H2,1H3. The second-order valence-corrected chi connectivity index (χ2v) is 3.24. The van der Waals surface area contributed by atoms with E-state index in [0.29, 0.717) is 12.2 Å². The monoisotopic (exact) mass is 204 g/mol. The third kappa shape index (κ3) is 1.66. The van der Waals surface area contributed by atoms with Crippen molar-refractivity contribution >= 4 is 0 Å². The van der Waals surface area contributed by atoms with Gasteiger partial charge in [0.05, 0.1) is 6.20 Å². The fourth-order valence-electron chi connectivity index (χ4n) is 1.57. The minimum atomic E-state index is 0.127. The van der Waals surface area contributed by atoms with Gasteiger partial charge in [0.15, 0.2) is 5.75 Å². The largest absolute Gasteiger partial charge is 0.508 e. The van der Waals surface area contributed by atoms with Gasteiger partial charge in [-0.05, 0) is 19.1 Å².